The van der Waals surface area contributed by atoms with E-state index in [4.69, 9.17) is 0 Å². The van der Waals surface area contributed by atoms with Gasteiger partial charge in [0.25, 0.3) is 0 Å². The second-order valence-corrected chi connectivity index (χ2v) is 4.00. The fourth-order valence-electron chi connectivity index (χ4n) is 0.753. The van der Waals surface area contributed by atoms with E-state index in [1.165, 1.54) is 24.3 Å². The summed E-state index contributed by atoms with van der Waals surface area (Å²) in [4.78, 5) is -0.144. The third kappa shape index (κ3) is 2.15. The fourth-order valence-corrected chi connectivity index (χ4v) is 1.58. The normalized spacial score (nSPS) is 12.8. The average molecular weight is 196 g/mol. The van der Waals surface area contributed by atoms with Gasteiger partial charge in [-0.3, -0.25) is 0 Å². The molecule has 0 aliphatic carbocycles. The van der Waals surface area contributed by atoms with Gasteiger partial charge in [0.15, 0.2) is 0 Å². The predicted octanol–water partition coefficient (Wildman–Crippen LogP) is 1.78. The van der Waals surface area contributed by atoms with E-state index in [0.29, 0.717) is 0 Å². The summed E-state index contributed by atoms with van der Waals surface area (Å²) in [5.74, 6) is 0. The Bertz CT molecular complexity index is 247. The molecule has 0 fully saturated rings. The molecule has 0 saturated heterocycles. The van der Waals surface area contributed by atoms with Crippen LogP contribution in [0.5, 0.6) is 0 Å². The van der Waals surface area contributed by atoms with Gasteiger partial charge in [-0.15, -0.1) is 13.2 Å². The van der Waals surface area contributed by atoms with Crippen LogP contribution in [0.25, 0.3) is 0 Å². The second-order valence-electron chi connectivity index (χ2n) is 2.19. The largest absolute Gasteiger partial charge is 0.678 e. The Hall–Kier alpha value is -0.680. The zero-order valence-corrected chi connectivity index (χ0v) is 6.93. The summed E-state index contributed by atoms with van der Waals surface area (Å²) in [6, 6.07) is 6.88. The van der Waals surface area contributed by atoms with Crippen LogP contribution in [0.1, 0.15) is 0 Å². The Kier molecular flexibility index (Phi) is 2.64. The lowest BCUT2D eigenvalue weighted by Crippen LogP contribution is -2.23. The van der Waals surface area contributed by atoms with Gasteiger partial charge in [0.1, 0.15) is 0 Å². The molecule has 0 spiro atoms. The van der Waals surface area contributed by atoms with Crippen LogP contribution >= 0.6 is 0 Å². The highest BCUT2D eigenvalue weighted by molar-refractivity contribution is 7.92. The number of hydrogen-bond acceptors (Lipinski definition) is 1. The van der Waals surface area contributed by atoms with Gasteiger partial charge < -0.3 is 4.55 Å². The molecule has 68 valence electrons. The maximum Gasteiger partial charge on any atom is 0.501 e. The topological polar surface area (TPSA) is 23.1 Å². The van der Waals surface area contributed by atoms with Crippen molar-refractivity contribution in [3.63, 3.8) is 0 Å². The Morgan fingerprint density at radius 3 is 2.00 bits per heavy atom. The molecular weight excluding hydrogens is 189 g/mol. The monoisotopic (exact) mass is 196 g/mol. The van der Waals surface area contributed by atoms with Crippen molar-refractivity contribution in [3.05, 3.63) is 30.3 Å². The molecule has 0 radical (unpaired) electrons. The predicted molar refractivity (Wildman–Crippen MR) is 41.7 cm³/mol. The summed E-state index contributed by atoms with van der Waals surface area (Å²) in [7, 11) is 0. The van der Waals surface area contributed by atoms with Crippen LogP contribution in [0.4, 0.5) is 13.2 Å². The average Bonchev–Trinajstić information content (AvgIpc) is 2.03. The molecule has 0 bridgehead atoms. The molecular formula is C7H7F3OS. The lowest BCUT2D eigenvalue weighted by Gasteiger charge is -2.23. The van der Waals surface area contributed by atoms with Gasteiger partial charge in [0.05, 0.1) is 4.90 Å². The summed E-state index contributed by atoms with van der Waals surface area (Å²) in [5.41, 5.74) is -4.59. The number of alkyl halides is 3. The smallest absolute Gasteiger partial charge is 0.501 e. The number of rotatable bonds is 1. The molecule has 1 rings (SSSR count). The van der Waals surface area contributed by atoms with E-state index < -0.39 is 16.7 Å². The molecule has 12 heavy (non-hydrogen) atoms. The van der Waals surface area contributed by atoms with E-state index in [2.05, 4.69) is 0 Å². The molecule has 5 heteroatoms. The third-order valence-electron chi connectivity index (χ3n) is 1.29. The van der Waals surface area contributed by atoms with Crippen molar-refractivity contribution in [1.29, 1.82) is 0 Å². The van der Waals surface area contributed by atoms with E-state index in [-0.39, 0.29) is 4.90 Å². The summed E-state index contributed by atoms with van der Waals surface area (Å²) in [5, 5.41) is 0. The fraction of sp³-hybridized carbons (Fsp3) is 0.143. The van der Waals surface area contributed by atoms with Crippen molar-refractivity contribution in [1.82, 2.24) is 0 Å². The molecule has 0 saturated carbocycles. The molecule has 0 aromatic heterocycles. The summed E-state index contributed by atoms with van der Waals surface area (Å²) < 4.78 is 46.3. The summed E-state index contributed by atoms with van der Waals surface area (Å²) >= 11 is -3.63. The molecule has 0 aliphatic rings. The minimum absolute atomic E-state index is 0.144. The minimum atomic E-state index is -4.59. The third-order valence-corrected chi connectivity index (χ3v) is 2.67. The van der Waals surface area contributed by atoms with Crippen molar-refractivity contribution in [2.45, 2.75) is 10.4 Å². The summed E-state index contributed by atoms with van der Waals surface area (Å²) in [6.07, 6.45) is 0. The van der Waals surface area contributed by atoms with Crippen molar-refractivity contribution in [2.24, 2.45) is 0 Å². The Morgan fingerprint density at radius 2 is 1.58 bits per heavy atom. The van der Waals surface area contributed by atoms with E-state index in [9.17, 15) is 17.7 Å². The lowest BCUT2D eigenvalue weighted by atomic mass is 10.4. The van der Waals surface area contributed by atoms with Gasteiger partial charge in [0.2, 0.25) is 0 Å². The summed E-state index contributed by atoms with van der Waals surface area (Å²) in [6.45, 7) is 0. The second kappa shape index (κ2) is 3.37. The number of benzene rings is 1. The first kappa shape index (κ1) is 9.41. The van der Waals surface area contributed by atoms with Crippen LogP contribution in [0.3, 0.4) is 0 Å². The van der Waals surface area contributed by atoms with Crippen LogP contribution in [-0.2, 0) is 11.2 Å². The molecule has 0 atom stereocenters. The van der Waals surface area contributed by atoms with Crippen LogP contribution in [0, 0.1) is 0 Å². The SMILES string of the molecule is [O-][SH2+](c1ccccc1)C(F)(F)F. The maximum atomic E-state index is 11.9. The number of halogens is 3. The highest BCUT2D eigenvalue weighted by Gasteiger charge is 2.35. The van der Waals surface area contributed by atoms with Crippen LogP contribution in [0.2, 0.25) is 0 Å². The first-order valence-corrected chi connectivity index (χ1v) is 4.59. The van der Waals surface area contributed by atoms with E-state index in [0.717, 1.165) is 0 Å². The Balaban J connectivity index is 2.86. The standard InChI is InChI=1S/C7H7F3OS/c8-7(9,10)12(11)6-4-2-1-3-5-6/h1-5H,12H2. The zero-order valence-electron chi connectivity index (χ0n) is 5.93. The molecule has 0 amide bonds. The Labute approximate surface area is 70.4 Å². The zero-order chi connectivity index (χ0) is 9.19. The van der Waals surface area contributed by atoms with E-state index in [1.807, 2.05) is 0 Å². The van der Waals surface area contributed by atoms with E-state index in [1.54, 1.807) is 6.07 Å². The number of hydrogen-bond donors (Lipinski definition) is 0. The highest BCUT2D eigenvalue weighted by Crippen LogP contribution is 2.29. The van der Waals surface area contributed by atoms with Gasteiger partial charge in [-0.25, -0.2) is 0 Å². The molecule has 0 aliphatic heterocycles. The first-order chi connectivity index (χ1) is 5.52. The van der Waals surface area contributed by atoms with Crippen LogP contribution < -0.4 is 0 Å². The van der Waals surface area contributed by atoms with Crippen LogP contribution in [0.15, 0.2) is 35.2 Å². The lowest BCUT2D eigenvalue weighted by molar-refractivity contribution is -0.0435. The van der Waals surface area contributed by atoms with Gasteiger partial charge in [-0.1, -0.05) is 18.2 Å². The van der Waals surface area contributed by atoms with Crippen molar-refractivity contribution in [2.75, 3.05) is 0 Å². The van der Waals surface area contributed by atoms with Gasteiger partial charge in [-0.05, 0) is 12.1 Å². The molecule has 1 aromatic rings. The maximum absolute atomic E-state index is 11.9. The van der Waals surface area contributed by atoms with Crippen molar-refractivity contribution >= 4 is 11.2 Å². The minimum Gasteiger partial charge on any atom is -0.678 e. The molecule has 0 unspecified atom stereocenters. The Morgan fingerprint density at radius 1 is 1.08 bits per heavy atom. The van der Waals surface area contributed by atoms with Gasteiger partial charge in [0, 0.05) is 0 Å². The highest BCUT2D eigenvalue weighted by atomic mass is 32.2. The molecule has 1 nitrogen and oxygen atoms in total. The van der Waals surface area contributed by atoms with Gasteiger partial charge in [-0.2, -0.15) is 11.2 Å². The van der Waals surface area contributed by atoms with E-state index >= 15 is 0 Å². The molecule has 1 aromatic carbocycles. The first-order valence-electron chi connectivity index (χ1n) is 3.18. The van der Waals surface area contributed by atoms with Crippen molar-refractivity contribution < 1.29 is 17.7 Å². The van der Waals surface area contributed by atoms with Crippen LogP contribution in [-0.4, -0.2) is 10.1 Å². The quantitative estimate of drug-likeness (QED) is 0.628. The van der Waals surface area contributed by atoms with Gasteiger partial charge >= 0.3 is 5.51 Å². The molecule has 0 N–H and O–H groups in total. The molecule has 0 heterocycles. The van der Waals surface area contributed by atoms with Crippen molar-refractivity contribution in [3.8, 4) is 0 Å².